The fourth-order valence-electron chi connectivity index (χ4n) is 3.99. The predicted octanol–water partition coefficient (Wildman–Crippen LogP) is 5.12. The number of fused-ring (bicyclic) bond motifs is 1. The fourth-order valence-corrected chi connectivity index (χ4v) is 5.28. The summed E-state index contributed by atoms with van der Waals surface area (Å²) in [6.07, 6.45) is 1.26. The average Bonchev–Trinajstić information content (AvgIpc) is 3.40. The van der Waals surface area contributed by atoms with Crippen molar-refractivity contribution in [2.75, 3.05) is 18.9 Å². The molecular formula is C26H20ClN3O6S. The highest BCUT2D eigenvalue weighted by molar-refractivity contribution is 7.92. The summed E-state index contributed by atoms with van der Waals surface area (Å²) in [6, 6.07) is 19.6. The van der Waals surface area contributed by atoms with E-state index in [-0.39, 0.29) is 16.3 Å². The van der Waals surface area contributed by atoms with Gasteiger partial charge < -0.3 is 14.0 Å². The van der Waals surface area contributed by atoms with Crippen molar-refractivity contribution in [3.05, 3.63) is 94.4 Å². The van der Waals surface area contributed by atoms with E-state index in [1.165, 1.54) is 42.2 Å². The van der Waals surface area contributed by atoms with Gasteiger partial charge in [-0.05, 0) is 59.7 Å². The van der Waals surface area contributed by atoms with Gasteiger partial charge in [-0.15, -0.1) is 0 Å². The van der Waals surface area contributed by atoms with Crippen LogP contribution in [0.4, 0.5) is 5.82 Å². The van der Waals surface area contributed by atoms with Gasteiger partial charge in [-0.1, -0.05) is 28.9 Å². The summed E-state index contributed by atoms with van der Waals surface area (Å²) >= 11 is 6.33. The number of hydrogen-bond acceptors (Lipinski definition) is 7. The number of anilines is 1. The number of halogens is 1. The number of nitrogens with one attached hydrogen (secondary N) is 1. The maximum Gasteiger partial charge on any atom is 0.263 e. The van der Waals surface area contributed by atoms with Crippen LogP contribution in [-0.4, -0.2) is 32.4 Å². The summed E-state index contributed by atoms with van der Waals surface area (Å²) < 4.78 is 45.0. The minimum Gasteiger partial charge on any atom is -0.495 e. The van der Waals surface area contributed by atoms with Crippen LogP contribution in [0, 0.1) is 0 Å². The SMILES string of the molecule is COc1ccc(-c2ccc(OC)c(-n3c(=O)ccc4cc(S(=O)(=O)Nc5ccon5)ccc43)c2)cc1Cl. The van der Waals surface area contributed by atoms with E-state index in [2.05, 4.69) is 14.4 Å². The molecule has 2 heterocycles. The zero-order valence-corrected chi connectivity index (χ0v) is 21.2. The number of rotatable bonds is 7. The zero-order valence-electron chi connectivity index (χ0n) is 19.6. The summed E-state index contributed by atoms with van der Waals surface area (Å²) in [6.45, 7) is 0. The molecule has 0 saturated carbocycles. The molecule has 188 valence electrons. The van der Waals surface area contributed by atoms with Crippen LogP contribution in [0.25, 0.3) is 27.7 Å². The lowest BCUT2D eigenvalue weighted by Gasteiger charge is -2.16. The number of pyridine rings is 1. The Morgan fingerprint density at radius 3 is 2.30 bits per heavy atom. The first-order chi connectivity index (χ1) is 17.8. The largest absolute Gasteiger partial charge is 0.495 e. The van der Waals surface area contributed by atoms with E-state index in [9.17, 15) is 13.2 Å². The Hall–Kier alpha value is -4.28. The Labute approximate surface area is 216 Å². The summed E-state index contributed by atoms with van der Waals surface area (Å²) in [5.41, 5.74) is 2.28. The third-order valence-electron chi connectivity index (χ3n) is 5.76. The molecule has 5 rings (SSSR count). The Kier molecular flexibility index (Phi) is 6.36. The first-order valence-corrected chi connectivity index (χ1v) is 12.8. The number of nitrogens with zero attached hydrogens (tertiary/aromatic N) is 2. The van der Waals surface area contributed by atoms with E-state index < -0.39 is 10.0 Å². The van der Waals surface area contributed by atoms with Crippen molar-refractivity contribution < 1.29 is 22.4 Å². The second-order valence-corrected chi connectivity index (χ2v) is 10.0. The van der Waals surface area contributed by atoms with Crippen LogP contribution < -0.4 is 19.8 Å². The zero-order chi connectivity index (χ0) is 26.2. The first kappa shape index (κ1) is 24.4. The lowest BCUT2D eigenvalue weighted by molar-refractivity contribution is 0.413. The molecular weight excluding hydrogens is 518 g/mol. The van der Waals surface area contributed by atoms with Crippen molar-refractivity contribution in [1.82, 2.24) is 9.72 Å². The van der Waals surface area contributed by atoms with E-state index in [1.54, 1.807) is 37.4 Å². The van der Waals surface area contributed by atoms with Crippen molar-refractivity contribution in [2.24, 2.45) is 0 Å². The molecule has 11 heteroatoms. The normalized spacial score (nSPS) is 11.4. The smallest absolute Gasteiger partial charge is 0.263 e. The van der Waals surface area contributed by atoms with Crippen LogP contribution >= 0.6 is 11.6 Å². The molecule has 0 spiro atoms. The minimum atomic E-state index is -3.94. The van der Waals surface area contributed by atoms with Crippen molar-refractivity contribution in [3.8, 4) is 28.3 Å². The summed E-state index contributed by atoms with van der Waals surface area (Å²) in [5, 5.41) is 4.56. The van der Waals surface area contributed by atoms with Crippen LogP contribution in [-0.2, 0) is 10.0 Å². The third kappa shape index (κ3) is 4.64. The van der Waals surface area contributed by atoms with Crippen LogP contribution in [0.2, 0.25) is 5.02 Å². The molecule has 0 aliphatic heterocycles. The maximum absolute atomic E-state index is 13.1. The maximum atomic E-state index is 13.1. The van der Waals surface area contributed by atoms with Gasteiger partial charge in [-0.3, -0.25) is 14.1 Å². The van der Waals surface area contributed by atoms with Gasteiger partial charge in [0.2, 0.25) is 0 Å². The van der Waals surface area contributed by atoms with E-state index in [0.29, 0.717) is 33.1 Å². The van der Waals surface area contributed by atoms with Gasteiger partial charge >= 0.3 is 0 Å². The van der Waals surface area contributed by atoms with Crippen molar-refractivity contribution in [1.29, 1.82) is 0 Å². The first-order valence-electron chi connectivity index (χ1n) is 10.9. The molecule has 0 atom stereocenters. The molecule has 0 aliphatic carbocycles. The highest BCUT2D eigenvalue weighted by atomic mass is 35.5. The Morgan fingerprint density at radius 2 is 1.62 bits per heavy atom. The lowest BCUT2D eigenvalue weighted by atomic mass is 10.0. The Morgan fingerprint density at radius 1 is 0.892 bits per heavy atom. The van der Waals surface area contributed by atoms with Crippen molar-refractivity contribution in [3.63, 3.8) is 0 Å². The number of benzene rings is 3. The monoisotopic (exact) mass is 537 g/mol. The molecule has 9 nitrogen and oxygen atoms in total. The van der Waals surface area contributed by atoms with Gasteiger partial charge in [0, 0.05) is 17.5 Å². The van der Waals surface area contributed by atoms with Gasteiger partial charge in [0.25, 0.3) is 15.6 Å². The van der Waals surface area contributed by atoms with Crippen molar-refractivity contribution in [2.45, 2.75) is 4.90 Å². The predicted molar refractivity (Wildman–Crippen MR) is 140 cm³/mol. The summed E-state index contributed by atoms with van der Waals surface area (Å²) in [4.78, 5) is 13.1. The second kappa shape index (κ2) is 9.64. The molecule has 0 amide bonds. The minimum absolute atomic E-state index is 0.00166. The van der Waals surface area contributed by atoms with Gasteiger partial charge in [0.1, 0.15) is 17.8 Å². The average molecular weight is 538 g/mol. The molecule has 0 aliphatic rings. The van der Waals surface area contributed by atoms with Crippen molar-refractivity contribution >= 4 is 38.3 Å². The number of aromatic nitrogens is 2. The van der Waals surface area contributed by atoms with E-state index in [0.717, 1.165) is 11.1 Å². The topological polar surface area (TPSA) is 113 Å². The van der Waals surface area contributed by atoms with E-state index in [4.69, 9.17) is 21.1 Å². The number of ether oxygens (including phenoxy) is 2. The molecule has 0 radical (unpaired) electrons. The standard InChI is InChI=1S/C26H20ClN3O6S/c1-34-23-8-3-16(14-20(23)27)17-4-9-24(35-2)22(15-17)30-21-7-6-19(13-18(21)5-10-26(30)31)37(32,33)29-25-11-12-36-28-25/h3-15H,1-2H3,(H,28,29). The van der Waals surface area contributed by atoms with Gasteiger partial charge in [0.15, 0.2) is 5.82 Å². The molecule has 5 aromatic rings. The molecule has 0 unspecified atom stereocenters. The van der Waals surface area contributed by atoms with Crippen LogP contribution in [0.15, 0.2) is 93.3 Å². The van der Waals surface area contributed by atoms with Gasteiger partial charge in [0.05, 0.1) is 35.3 Å². The molecule has 0 fully saturated rings. The number of hydrogen-bond donors (Lipinski definition) is 1. The van der Waals surface area contributed by atoms with Crippen LogP contribution in [0.1, 0.15) is 0 Å². The number of methoxy groups -OCH3 is 2. The second-order valence-electron chi connectivity index (χ2n) is 7.95. The molecule has 2 aromatic heterocycles. The quantitative estimate of drug-likeness (QED) is 0.306. The Balaban J connectivity index is 1.64. The molecule has 37 heavy (non-hydrogen) atoms. The van der Waals surface area contributed by atoms with Gasteiger partial charge in [-0.25, -0.2) is 8.42 Å². The van der Waals surface area contributed by atoms with Crippen LogP contribution in [0.5, 0.6) is 11.5 Å². The van der Waals surface area contributed by atoms with E-state index >= 15 is 0 Å². The van der Waals surface area contributed by atoms with E-state index in [1.807, 2.05) is 18.2 Å². The molecule has 0 saturated heterocycles. The molecule has 1 N–H and O–H groups in total. The molecule has 3 aromatic carbocycles. The summed E-state index contributed by atoms with van der Waals surface area (Å²) in [7, 11) is -0.880. The Bertz CT molecular complexity index is 1780. The molecule has 0 bridgehead atoms. The summed E-state index contributed by atoms with van der Waals surface area (Å²) in [5.74, 6) is 1.07. The highest BCUT2D eigenvalue weighted by Gasteiger charge is 2.18. The number of sulfonamides is 1. The fraction of sp³-hybridized carbons (Fsp3) is 0.0769. The lowest BCUT2D eigenvalue weighted by Crippen LogP contribution is -2.19. The van der Waals surface area contributed by atoms with Gasteiger partial charge in [-0.2, -0.15) is 0 Å². The highest BCUT2D eigenvalue weighted by Crippen LogP contribution is 2.34. The third-order valence-corrected chi connectivity index (χ3v) is 7.41. The van der Waals surface area contributed by atoms with Crippen LogP contribution in [0.3, 0.4) is 0 Å².